The number of carbonyl (C=O) groups is 1. The summed E-state index contributed by atoms with van der Waals surface area (Å²) in [7, 11) is 0. The van der Waals surface area contributed by atoms with Crippen molar-refractivity contribution >= 4 is 5.91 Å². The van der Waals surface area contributed by atoms with Crippen LogP contribution in [0.2, 0.25) is 0 Å². The molecule has 0 radical (unpaired) electrons. The Bertz CT molecular complexity index is 945. The van der Waals surface area contributed by atoms with Crippen molar-refractivity contribution in [3.05, 3.63) is 84.2 Å². The van der Waals surface area contributed by atoms with E-state index in [0.717, 1.165) is 35.4 Å². The number of ether oxygens (including phenoxy) is 1. The number of hydrogen-bond donors (Lipinski definition) is 1. The number of benzene rings is 2. The van der Waals surface area contributed by atoms with Gasteiger partial charge in [-0.25, -0.2) is 0 Å². The summed E-state index contributed by atoms with van der Waals surface area (Å²) in [6.07, 6.45) is 3.51. The van der Waals surface area contributed by atoms with Gasteiger partial charge in [0.2, 0.25) is 0 Å². The lowest BCUT2D eigenvalue weighted by molar-refractivity contribution is 0.0949. The van der Waals surface area contributed by atoms with Gasteiger partial charge in [0, 0.05) is 30.4 Å². The highest BCUT2D eigenvalue weighted by Gasteiger charge is 2.11. The first-order valence-electron chi connectivity index (χ1n) is 10.4. The molecule has 156 valence electrons. The molecule has 0 saturated carbocycles. The number of nitrogens with one attached hydrogen (secondary N) is 1. The maximum Gasteiger partial charge on any atom is 0.251 e. The molecular weight excluding hydrogens is 372 g/mol. The Morgan fingerprint density at radius 1 is 0.967 bits per heavy atom. The Hall–Kier alpha value is -3.14. The maximum atomic E-state index is 12.3. The Kier molecular flexibility index (Phi) is 7.23. The summed E-state index contributed by atoms with van der Waals surface area (Å²) < 4.78 is 5.90. The lowest BCUT2D eigenvalue weighted by Crippen LogP contribution is -2.27. The minimum Gasteiger partial charge on any atom is -0.493 e. The molecule has 3 rings (SSSR count). The summed E-state index contributed by atoms with van der Waals surface area (Å²) in [5.74, 6) is 0.796. The summed E-state index contributed by atoms with van der Waals surface area (Å²) in [6, 6.07) is 21.6. The molecule has 0 saturated heterocycles. The quantitative estimate of drug-likeness (QED) is 0.538. The van der Waals surface area contributed by atoms with Crippen molar-refractivity contribution in [2.45, 2.75) is 33.6 Å². The highest BCUT2D eigenvalue weighted by atomic mass is 16.5. The van der Waals surface area contributed by atoms with E-state index < -0.39 is 0 Å². The second-order valence-corrected chi connectivity index (χ2v) is 8.59. The number of carbonyl (C=O) groups excluding carboxylic acids is 1. The third-order valence-electron chi connectivity index (χ3n) is 4.83. The topological polar surface area (TPSA) is 51.2 Å². The van der Waals surface area contributed by atoms with Gasteiger partial charge in [0.15, 0.2) is 0 Å². The third kappa shape index (κ3) is 6.73. The zero-order chi connectivity index (χ0) is 21.4. The molecule has 2 aromatic carbocycles. The van der Waals surface area contributed by atoms with E-state index in [-0.39, 0.29) is 11.3 Å². The summed E-state index contributed by atoms with van der Waals surface area (Å²) in [5, 5.41) is 3.00. The van der Waals surface area contributed by atoms with Gasteiger partial charge in [0.05, 0.1) is 6.61 Å². The van der Waals surface area contributed by atoms with Crippen LogP contribution in [0.1, 0.15) is 43.2 Å². The predicted molar refractivity (Wildman–Crippen MR) is 122 cm³/mol. The highest BCUT2D eigenvalue weighted by Crippen LogP contribution is 2.24. The number of rotatable bonds is 8. The molecule has 0 unspecified atom stereocenters. The van der Waals surface area contributed by atoms with Crippen LogP contribution in [0.4, 0.5) is 0 Å². The fraction of sp³-hybridized carbons (Fsp3) is 0.308. The first kappa shape index (κ1) is 21.6. The zero-order valence-corrected chi connectivity index (χ0v) is 18.0. The van der Waals surface area contributed by atoms with E-state index in [1.807, 2.05) is 66.7 Å². The van der Waals surface area contributed by atoms with E-state index in [9.17, 15) is 4.79 Å². The van der Waals surface area contributed by atoms with Crippen LogP contribution >= 0.6 is 0 Å². The van der Waals surface area contributed by atoms with Crippen molar-refractivity contribution in [1.29, 1.82) is 0 Å². The summed E-state index contributed by atoms with van der Waals surface area (Å²) in [5.41, 5.74) is 4.02. The lowest BCUT2D eigenvalue weighted by atomic mass is 9.92. The van der Waals surface area contributed by atoms with Crippen LogP contribution in [0, 0.1) is 5.41 Å². The molecule has 0 bridgehead atoms. The number of aromatic nitrogens is 1. The first-order chi connectivity index (χ1) is 14.4. The second-order valence-electron chi connectivity index (χ2n) is 8.59. The van der Waals surface area contributed by atoms with Gasteiger partial charge in [-0.1, -0.05) is 51.1 Å². The van der Waals surface area contributed by atoms with E-state index in [1.165, 1.54) is 0 Å². The van der Waals surface area contributed by atoms with Crippen LogP contribution in [-0.4, -0.2) is 24.0 Å². The molecule has 0 aliphatic heterocycles. The molecule has 1 heterocycles. The predicted octanol–water partition coefficient (Wildman–Crippen LogP) is 5.54. The molecule has 1 N–H and O–H groups in total. The average molecular weight is 403 g/mol. The minimum absolute atomic E-state index is 0.0302. The number of nitrogens with zero attached hydrogens (tertiary/aromatic N) is 1. The van der Waals surface area contributed by atoms with Gasteiger partial charge in [-0.2, -0.15) is 0 Å². The normalized spacial score (nSPS) is 11.2. The third-order valence-corrected chi connectivity index (χ3v) is 4.83. The van der Waals surface area contributed by atoms with Gasteiger partial charge in [0.25, 0.3) is 5.91 Å². The van der Waals surface area contributed by atoms with E-state index in [1.54, 1.807) is 6.20 Å². The molecule has 1 aromatic heterocycles. The van der Waals surface area contributed by atoms with E-state index in [2.05, 4.69) is 31.1 Å². The van der Waals surface area contributed by atoms with Crippen molar-refractivity contribution in [3.63, 3.8) is 0 Å². The van der Waals surface area contributed by atoms with Crippen molar-refractivity contribution in [2.75, 3.05) is 13.2 Å². The second kappa shape index (κ2) is 10.1. The van der Waals surface area contributed by atoms with Crippen LogP contribution in [0.15, 0.2) is 72.9 Å². The molecule has 4 heteroatoms. The highest BCUT2D eigenvalue weighted by molar-refractivity contribution is 5.94. The Labute approximate surface area is 179 Å². The number of pyridine rings is 1. The average Bonchev–Trinajstić information content (AvgIpc) is 2.74. The molecule has 0 spiro atoms. The lowest BCUT2D eigenvalue weighted by Gasteiger charge is -2.18. The SMILES string of the molecule is CC(C)(C)CCNC(=O)c1ccc(-c2cccc(OCCc3ccccn3)c2)cc1. The molecule has 0 fully saturated rings. The molecule has 0 atom stereocenters. The summed E-state index contributed by atoms with van der Waals surface area (Å²) >= 11 is 0. The maximum absolute atomic E-state index is 12.3. The smallest absolute Gasteiger partial charge is 0.251 e. The van der Waals surface area contributed by atoms with Crippen molar-refractivity contribution in [3.8, 4) is 16.9 Å². The van der Waals surface area contributed by atoms with Gasteiger partial charge in [-0.3, -0.25) is 9.78 Å². The van der Waals surface area contributed by atoms with Crippen LogP contribution in [0.5, 0.6) is 5.75 Å². The van der Waals surface area contributed by atoms with Crippen LogP contribution in [0.3, 0.4) is 0 Å². The molecule has 30 heavy (non-hydrogen) atoms. The van der Waals surface area contributed by atoms with Gasteiger partial charge < -0.3 is 10.1 Å². The molecule has 1 amide bonds. The Morgan fingerprint density at radius 3 is 2.47 bits per heavy atom. The fourth-order valence-electron chi connectivity index (χ4n) is 3.05. The van der Waals surface area contributed by atoms with Gasteiger partial charge in [-0.05, 0) is 59.4 Å². The molecule has 0 aliphatic carbocycles. The van der Waals surface area contributed by atoms with Crippen LogP contribution in [-0.2, 0) is 6.42 Å². The molecule has 3 aromatic rings. The molecule has 0 aliphatic rings. The van der Waals surface area contributed by atoms with Crippen molar-refractivity contribution in [2.24, 2.45) is 5.41 Å². The standard InChI is InChI=1S/C26H30N2O2/c1-26(2,3)15-17-28-25(29)21-12-10-20(11-13-21)22-7-6-9-24(19-22)30-18-14-23-8-4-5-16-27-23/h4-13,16,19H,14-15,17-18H2,1-3H3,(H,28,29). The van der Waals surface area contributed by atoms with Crippen LogP contribution in [0.25, 0.3) is 11.1 Å². The van der Waals surface area contributed by atoms with Crippen molar-refractivity contribution in [1.82, 2.24) is 10.3 Å². The fourth-order valence-corrected chi connectivity index (χ4v) is 3.05. The largest absolute Gasteiger partial charge is 0.493 e. The minimum atomic E-state index is -0.0302. The number of hydrogen-bond acceptors (Lipinski definition) is 3. The van der Waals surface area contributed by atoms with E-state index >= 15 is 0 Å². The van der Waals surface area contributed by atoms with Crippen LogP contribution < -0.4 is 10.1 Å². The first-order valence-corrected chi connectivity index (χ1v) is 10.4. The summed E-state index contributed by atoms with van der Waals surface area (Å²) in [6.45, 7) is 7.77. The van der Waals surface area contributed by atoms with Gasteiger partial charge >= 0.3 is 0 Å². The van der Waals surface area contributed by atoms with E-state index in [0.29, 0.717) is 18.7 Å². The Morgan fingerprint density at radius 2 is 1.77 bits per heavy atom. The molecular formula is C26H30N2O2. The van der Waals surface area contributed by atoms with Crippen molar-refractivity contribution < 1.29 is 9.53 Å². The molecule has 4 nitrogen and oxygen atoms in total. The van der Waals surface area contributed by atoms with Gasteiger partial charge in [-0.15, -0.1) is 0 Å². The summed E-state index contributed by atoms with van der Waals surface area (Å²) in [4.78, 5) is 16.6. The number of amides is 1. The van der Waals surface area contributed by atoms with E-state index in [4.69, 9.17) is 4.74 Å². The monoisotopic (exact) mass is 402 g/mol. The van der Waals surface area contributed by atoms with Gasteiger partial charge in [0.1, 0.15) is 5.75 Å². The Balaban J connectivity index is 1.56. The zero-order valence-electron chi connectivity index (χ0n) is 18.0.